The highest BCUT2D eigenvalue weighted by Crippen LogP contribution is 2.39. The molecule has 2 aromatic carbocycles. The second-order valence-electron chi connectivity index (χ2n) is 10.4. The number of hydrogen-bond acceptors (Lipinski definition) is 6. The van der Waals surface area contributed by atoms with Gasteiger partial charge >= 0.3 is 0 Å². The molecule has 39 heavy (non-hydrogen) atoms. The second kappa shape index (κ2) is 13.2. The van der Waals surface area contributed by atoms with E-state index in [1.165, 1.54) is 37.4 Å². The number of carbonyl (C=O) groups is 2. The number of thioether (sulfide) groups is 1. The van der Waals surface area contributed by atoms with Crippen molar-refractivity contribution < 1.29 is 19.1 Å². The van der Waals surface area contributed by atoms with Gasteiger partial charge in [-0.3, -0.25) is 19.5 Å². The highest BCUT2D eigenvalue weighted by Gasteiger charge is 2.39. The first-order valence-electron chi connectivity index (χ1n) is 14.1. The third-order valence-corrected chi connectivity index (χ3v) is 8.54. The van der Waals surface area contributed by atoms with Gasteiger partial charge in [0.05, 0.1) is 18.1 Å². The van der Waals surface area contributed by atoms with E-state index in [0.29, 0.717) is 28.1 Å². The number of methoxy groups -OCH3 is 1. The quantitative estimate of drug-likeness (QED) is 0.374. The molecule has 0 unspecified atom stereocenters. The highest BCUT2D eigenvalue weighted by molar-refractivity contribution is 8.18. The van der Waals surface area contributed by atoms with Crippen molar-refractivity contribution >= 4 is 40.5 Å². The van der Waals surface area contributed by atoms with Crippen LogP contribution in [0.25, 0.3) is 6.08 Å². The van der Waals surface area contributed by atoms with E-state index in [1.807, 2.05) is 53.4 Å². The Morgan fingerprint density at radius 3 is 2.44 bits per heavy atom. The molecule has 206 valence electrons. The molecule has 2 saturated carbocycles. The molecule has 0 atom stereocenters. The first-order valence-corrected chi connectivity index (χ1v) is 14.9. The molecular weight excluding hydrogens is 510 g/mol. The van der Waals surface area contributed by atoms with Crippen LogP contribution in [-0.4, -0.2) is 47.7 Å². The molecule has 0 spiro atoms. The van der Waals surface area contributed by atoms with Crippen LogP contribution >= 0.6 is 11.8 Å². The summed E-state index contributed by atoms with van der Waals surface area (Å²) in [5.41, 5.74) is 1.55. The van der Waals surface area contributed by atoms with Gasteiger partial charge < -0.3 is 14.8 Å². The maximum atomic E-state index is 13.7. The van der Waals surface area contributed by atoms with Crippen LogP contribution in [0, 0.1) is 0 Å². The van der Waals surface area contributed by atoms with Crippen molar-refractivity contribution in [2.24, 2.45) is 4.99 Å². The van der Waals surface area contributed by atoms with Gasteiger partial charge in [-0.2, -0.15) is 0 Å². The zero-order valence-corrected chi connectivity index (χ0v) is 23.4. The Labute approximate surface area is 235 Å². The molecule has 2 aliphatic carbocycles. The fraction of sp³-hybridized carbons (Fsp3) is 0.452. The van der Waals surface area contributed by atoms with Crippen molar-refractivity contribution in [1.29, 1.82) is 0 Å². The van der Waals surface area contributed by atoms with Gasteiger partial charge in [-0.05, 0) is 73.4 Å². The predicted molar refractivity (Wildman–Crippen MR) is 157 cm³/mol. The number of aliphatic imine (C=N–C) groups is 1. The largest absolute Gasteiger partial charge is 0.493 e. The van der Waals surface area contributed by atoms with E-state index >= 15 is 0 Å². The fourth-order valence-electron chi connectivity index (χ4n) is 5.51. The van der Waals surface area contributed by atoms with Gasteiger partial charge in [0.1, 0.15) is 0 Å². The molecule has 1 N–H and O–H groups in total. The van der Waals surface area contributed by atoms with Crippen LogP contribution < -0.4 is 14.8 Å². The zero-order chi connectivity index (χ0) is 27.0. The van der Waals surface area contributed by atoms with Gasteiger partial charge in [0, 0.05) is 11.7 Å². The van der Waals surface area contributed by atoms with Gasteiger partial charge in [-0.25, -0.2) is 0 Å². The van der Waals surface area contributed by atoms with Crippen LogP contribution in [0.5, 0.6) is 11.5 Å². The molecule has 1 aliphatic heterocycles. The summed E-state index contributed by atoms with van der Waals surface area (Å²) in [4.78, 5) is 33.8. The standard InChI is InChI=1S/C31H37N3O4S/c1-37-27-19-22(17-18-26(27)38-21-29(35)32-23-11-5-2-6-12-23)20-28-30(36)34(25-15-9-4-10-16-25)31(39-28)33-24-13-7-3-8-14-24/h2,5-6,11-12,17-20,24-25H,3-4,7-10,13-16,21H2,1H3,(H,32,35). The molecule has 7 nitrogen and oxygen atoms in total. The lowest BCUT2D eigenvalue weighted by Gasteiger charge is -2.31. The number of carbonyl (C=O) groups excluding carboxylic acids is 2. The summed E-state index contributed by atoms with van der Waals surface area (Å²) in [6.07, 6.45) is 13.5. The normalized spacial score (nSPS) is 20.9. The Morgan fingerprint density at radius 1 is 1.00 bits per heavy atom. The maximum absolute atomic E-state index is 13.7. The molecule has 5 rings (SSSR count). The van der Waals surface area contributed by atoms with E-state index < -0.39 is 0 Å². The van der Waals surface area contributed by atoms with Gasteiger partial charge in [-0.1, -0.05) is 62.8 Å². The summed E-state index contributed by atoms with van der Waals surface area (Å²) in [5.74, 6) is 0.775. The average Bonchev–Trinajstić information content (AvgIpc) is 3.27. The number of nitrogens with zero attached hydrogens (tertiary/aromatic N) is 2. The summed E-state index contributed by atoms with van der Waals surface area (Å²) < 4.78 is 11.3. The van der Waals surface area contributed by atoms with Crippen LogP contribution in [-0.2, 0) is 9.59 Å². The van der Waals surface area contributed by atoms with E-state index in [2.05, 4.69) is 5.32 Å². The van der Waals surface area contributed by atoms with Gasteiger partial charge in [-0.15, -0.1) is 0 Å². The number of amides is 2. The van der Waals surface area contributed by atoms with E-state index in [1.54, 1.807) is 13.2 Å². The first kappa shape index (κ1) is 27.3. The Morgan fingerprint density at radius 2 is 1.72 bits per heavy atom. The lowest BCUT2D eigenvalue weighted by Crippen LogP contribution is -2.41. The van der Waals surface area contributed by atoms with Gasteiger partial charge in [0.2, 0.25) is 0 Å². The minimum atomic E-state index is -0.255. The average molecular weight is 548 g/mol. The molecular formula is C31H37N3O4S. The Bertz CT molecular complexity index is 1220. The van der Waals surface area contributed by atoms with Crippen molar-refractivity contribution in [2.75, 3.05) is 19.0 Å². The Hall–Kier alpha value is -3.26. The Kier molecular flexibility index (Phi) is 9.24. The first-order chi connectivity index (χ1) is 19.1. The molecule has 1 saturated heterocycles. The van der Waals surface area contributed by atoms with E-state index in [9.17, 15) is 9.59 Å². The van der Waals surface area contributed by atoms with Crippen LogP contribution in [0.15, 0.2) is 58.4 Å². The van der Waals surface area contributed by atoms with Gasteiger partial charge in [0.25, 0.3) is 11.8 Å². The smallest absolute Gasteiger partial charge is 0.266 e. The van der Waals surface area contributed by atoms with Crippen LogP contribution in [0.4, 0.5) is 5.69 Å². The fourth-order valence-corrected chi connectivity index (χ4v) is 6.62. The minimum Gasteiger partial charge on any atom is -0.493 e. The molecule has 0 radical (unpaired) electrons. The zero-order valence-electron chi connectivity index (χ0n) is 22.6. The molecule has 1 heterocycles. The molecule has 0 aromatic heterocycles. The minimum absolute atomic E-state index is 0.0540. The molecule has 3 fully saturated rings. The molecule has 8 heteroatoms. The number of anilines is 1. The summed E-state index contributed by atoms with van der Waals surface area (Å²) in [6, 6.07) is 15.3. The summed E-state index contributed by atoms with van der Waals surface area (Å²) in [5, 5.41) is 3.68. The number of rotatable bonds is 8. The monoisotopic (exact) mass is 547 g/mol. The number of para-hydroxylation sites is 1. The van der Waals surface area contributed by atoms with E-state index in [0.717, 1.165) is 49.3 Å². The maximum Gasteiger partial charge on any atom is 0.266 e. The van der Waals surface area contributed by atoms with Crippen LogP contribution in [0.1, 0.15) is 69.8 Å². The van der Waals surface area contributed by atoms with Crippen LogP contribution in [0.3, 0.4) is 0 Å². The highest BCUT2D eigenvalue weighted by atomic mass is 32.2. The third-order valence-electron chi connectivity index (χ3n) is 7.55. The SMILES string of the molecule is COc1cc(C=C2SC(=NC3CCCCC3)N(C3CCCCC3)C2=O)ccc1OCC(=O)Nc1ccccc1. The van der Waals surface area contributed by atoms with Crippen molar-refractivity contribution in [1.82, 2.24) is 4.90 Å². The number of amidine groups is 1. The van der Waals surface area contributed by atoms with E-state index in [-0.39, 0.29) is 24.5 Å². The second-order valence-corrected chi connectivity index (χ2v) is 11.4. The Balaban J connectivity index is 1.31. The number of hydrogen-bond donors (Lipinski definition) is 1. The lowest BCUT2D eigenvalue weighted by atomic mass is 9.94. The summed E-state index contributed by atoms with van der Waals surface area (Å²) in [7, 11) is 1.57. The predicted octanol–water partition coefficient (Wildman–Crippen LogP) is 6.65. The lowest BCUT2D eigenvalue weighted by molar-refractivity contribution is -0.124. The topological polar surface area (TPSA) is 80.2 Å². The number of ether oxygens (including phenoxy) is 2. The van der Waals surface area contributed by atoms with Crippen molar-refractivity contribution in [3.05, 3.63) is 59.0 Å². The molecule has 2 amide bonds. The van der Waals surface area contributed by atoms with Crippen LogP contribution in [0.2, 0.25) is 0 Å². The van der Waals surface area contributed by atoms with Gasteiger partial charge in [0.15, 0.2) is 23.3 Å². The summed E-state index contributed by atoms with van der Waals surface area (Å²) in [6.45, 7) is -0.142. The van der Waals surface area contributed by atoms with Crippen molar-refractivity contribution in [3.8, 4) is 11.5 Å². The summed E-state index contributed by atoms with van der Waals surface area (Å²) >= 11 is 1.50. The molecule has 3 aliphatic rings. The van der Waals surface area contributed by atoms with E-state index in [4.69, 9.17) is 14.5 Å². The third kappa shape index (κ3) is 7.04. The van der Waals surface area contributed by atoms with Crippen molar-refractivity contribution in [2.45, 2.75) is 76.3 Å². The molecule has 0 bridgehead atoms. The molecule has 2 aromatic rings. The van der Waals surface area contributed by atoms with Crippen molar-refractivity contribution in [3.63, 3.8) is 0 Å². The number of nitrogens with one attached hydrogen (secondary N) is 1. The number of benzene rings is 2.